The van der Waals surface area contributed by atoms with Gasteiger partial charge in [0, 0.05) is 31.1 Å². The lowest BCUT2D eigenvalue weighted by molar-refractivity contribution is -0.107. The number of benzene rings is 2. The van der Waals surface area contributed by atoms with Crippen molar-refractivity contribution in [3.8, 4) is 16.9 Å². The molecule has 0 bridgehead atoms. The zero-order valence-electron chi connectivity index (χ0n) is 29.5. The molecule has 0 aliphatic carbocycles. The first kappa shape index (κ1) is 43.1. The SMILES string of the molecule is CC/C=C\C/C=C\C/C=C\C/C=C\C/C=C\C/C=C\CCC=O.CCOC(=O)c1cc(-c2ccc(F)cc2F)ccc1OC(=O)NCCNC. The Labute approximate surface area is 296 Å². The second kappa shape index (κ2) is 29.1. The lowest BCUT2D eigenvalue weighted by Gasteiger charge is -2.12. The number of aldehydes is 1. The summed E-state index contributed by atoms with van der Waals surface area (Å²) in [6.45, 7) is 4.78. The second-order valence-corrected chi connectivity index (χ2v) is 10.6. The molecule has 0 aliphatic rings. The monoisotopic (exact) mass is 690 g/mol. The summed E-state index contributed by atoms with van der Waals surface area (Å²) < 4.78 is 37.3. The molecule has 0 saturated carbocycles. The summed E-state index contributed by atoms with van der Waals surface area (Å²) in [5, 5.41) is 5.38. The molecule has 1 amide bonds. The van der Waals surface area contributed by atoms with Crippen molar-refractivity contribution < 1.29 is 32.6 Å². The van der Waals surface area contributed by atoms with E-state index in [0.29, 0.717) is 25.1 Å². The van der Waals surface area contributed by atoms with Crippen molar-refractivity contribution in [1.82, 2.24) is 10.6 Å². The van der Waals surface area contributed by atoms with Crippen molar-refractivity contribution in [3.63, 3.8) is 0 Å². The van der Waals surface area contributed by atoms with Gasteiger partial charge in [-0.05, 0) is 88.7 Å². The highest BCUT2D eigenvalue weighted by atomic mass is 19.1. The van der Waals surface area contributed by atoms with Crippen LogP contribution in [0.15, 0.2) is 109 Å². The van der Waals surface area contributed by atoms with E-state index in [4.69, 9.17) is 9.47 Å². The number of likely N-dealkylation sites (N-methyl/N-ethyl adjacent to an activating group) is 1. The van der Waals surface area contributed by atoms with Crippen LogP contribution in [-0.4, -0.2) is 45.1 Å². The number of amides is 1. The molecule has 9 heteroatoms. The molecule has 0 aliphatic heterocycles. The molecule has 0 fully saturated rings. The zero-order valence-corrected chi connectivity index (χ0v) is 29.5. The Balaban J connectivity index is 0.000000508. The molecular formula is C41H52F2N2O5. The van der Waals surface area contributed by atoms with E-state index < -0.39 is 23.7 Å². The van der Waals surface area contributed by atoms with Crippen LogP contribution in [0.5, 0.6) is 5.75 Å². The highest BCUT2D eigenvalue weighted by molar-refractivity contribution is 5.95. The fourth-order valence-corrected chi connectivity index (χ4v) is 4.11. The minimum Gasteiger partial charge on any atom is -0.462 e. The molecule has 0 saturated heterocycles. The Morgan fingerprint density at radius 2 is 1.30 bits per heavy atom. The quantitative estimate of drug-likeness (QED) is 0.0586. The summed E-state index contributed by atoms with van der Waals surface area (Å²) in [6.07, 6.45) is 34.0. The minimum atomic E-state index is -0.775. The highest BCUT2D eigenvalue weighted by Gasteiger charge is 2.19. The summed E-state index contributed by atoms with van der Waals surface area (Å²) in [4.78, 5) is 34.2. The maximum Gasteiger partial charge on any atom is 0.412 e. The number of hydrogen-bond donors (Lipinski definition) is 2. The zero-order chi connectivity index (χ0) is 36.7. The molecule has 0 aromatic heterocycles. The fourth-order valence-electron chi connectivity index (χ4n) is 4.11. The predicted molar refractivity (Wildman–Crippen MR) is 199 cm³/mol. The molecule has 50 heavy (non-hydrogen) atoms. The van der Waals surface area contributed by atoms with Gasteiger partial charge >= 0.3 is 12.1 Å². The van der Waals surface area contributed by atoms with E-state index in [1.807, 2.05) is 0 Å². The van der Waals surface area contributed by atoms with Crippen LogP contribution < -0.4 is 15.4 Å². The maximum atomic E-state index is 14.0. The first-order chi connectivity index (χ1) is 24.4. The van der Waals surface area contributed by atoms with Crippen molar-refractivity contribution in [1.29, 1.82) is 0 Å². The fraction of sp³-hybridized carbons (Fsp3) is 0.341. The van der Waals surface area contributed by atoms with Gasteiger partial charge in [0.05, 0.1) is 6.61 Å². The van der Waals surface area contributed by atoms with E-state index in [1.54, 1.807) is 14.0 Å². The Morgan fingerprint density at radius 1 is 0.720 bits per heavy atom. The van der Waals surface area contributed by atoms with Crippen molar-refractivity contribution >= 4 is 18.3 Å². The van der Waals surface area contributed by atoms with Crippen molar-refractivity contribution in [2.75, 3.05) is 26.7 Å². The van der Waals surface area contributed by atoms with Gasteiger partial charge in [0.15, 0.2) is 0 Å². The first-order valence-electron chi connectivity index (χ1n) is 17.1. The Hall–Kier alpha value is -4.89. The number of esters is 1. The summed E-state index contributed by atoms with van der Waals surface area (Å²) in [7, 11) is 1.74. The average molecular weight is 691 g/mol. The number of unbranched alkanes of at least 4 members (excludes halogenated alkanes) is 1. The van der Waals surface area contributed by atoms with Crippen LogP contribution in [0.1, 0.15) is 75.6 Å². The molecule has 0 atom stereocenters. The molecule has 2 aromatic carbocycles. The molecule has 2 rings (SSSR count). The number of carbonyl (C=O) groups is 3. The van der Waals surface area contributed by atoms with Crippen molar-refractivity contribution in [3.05, 3.63) is 127 Å². The smallest absolute Gasteiger partial charge is 0.412 e. The van der Waals surface area contributed by atoms with Gasteiger partial charge in [0.2, 0.25) is 0 Å². The average Bonchev–Trinajstić information content (AvgIpc) is 3.10. The van der Waals surface area contributed by atoms with Gasteiger partial charge < -0.3 is 24.9 Å². The minimum absolute atomic E-state index is 0.0262. The molecule has 0 heterocycles. The van der Waals surface area contributed by atoms with E-state index in [1.165, 1.54) is 24.3 Å². The summed E-state index contributed by atoms with van der Waals surface area (Å²) in [6, 6.07) is 7.29. The lowest BCUT2D eigenvalue weighted by atomic mass is 10.0. The van der Waals surface area contributed by atoms with Crippen LogP contribution >= 0.6 is 0 Å². The summed E-state index contributed by atoms with van der Waals surface area (Å²) >= 11 is 0. The van der Waals surface area contributed by atoms with Gasteiger partial charge in [0.1, 0.15) is 29.2 Å². The Bertz CT molecular complexity index is 1460. The number of halogens is 2. The van der Waals surface area contributed by atoms with Gasteiger partial charge in [-0.3, -0.25) is 0 Å². The van der Waals surface area contributed by atoms with E-state index in [0.717, 1.165) is 63.4 Å². The molecule has 2 N–H and O–H groups in total. The third kappa shape index (κ3) is 20.5. The number of allylic oxidation sites excluding steroid dienone is 12. The van der Waals surface area contributed by atoms with Gasteiger partial charge in [-0.15, -0.1) is 0 Å². The highest BCUT2D eigenvalue weighted by Crippen LogP contribution is 2.29. The predicted octanol–water partition coefficient (Wildman–Crippen LogP) is 9.78. The third-order valence-corrected chi connectivity index (χ3v) is 6.61. The number of rotatable bonds is 21. The van der Waals surface area contributed by atoms with Crippen molar-refractivity contribution in [2.45, 2.75) is 65.2 Å². The molecule has 0 spiro atoms. The molecule has 7 nitrogen and oxygen atoms in total. The summed E-state index contributed by atoms with van der Waals surface area (Å²) in [5.74, 6) is -2.23. The number of nitrogens with one attached hydrogen (secondary N) is 2. The van der Waals surface area contributed by atoms with E-state index in [2.05, 4.69) is 90.5 Å². The lowest BCUT2D eigenvalue weighted by Crippen LogP contribution is -2.32. The standard InChI is InChI=1S/C22H32O.C19H20F2N2O4/c1-2-3-4-5-6-7-8-9-10-11-12-13-14-15-16-17-18-19-20-21-22-23;1-3-26-18(24)15-10-12(14-6-5-13(20)11-16(14)21)4-7-17(15)27-19(25)23-9-8-22-2/h3-4,6-7,9-10,12-13,15-16,18-19,22H,2,5,8,11,14,17,20-21H2,1H3;4-7,10-11,22H,3,8-9H2,1-2H3,(H,23,25)/b4-3-,7-6-,10-9-,13-12-,16-15-,19-18-;. The van der Waals surface area contributed by atoms with E-state index in [-0.39, 0.29) is 23.5 Å². The largest absolute Gasteiger partial charge is 0.462 e. The van der Waals surface area contributed by atoms with E-state index in [9.17, 15) is 23.2 Å². The molecule has 2 aromatic rings. The topological polar surface area (TPSA) is 93.7 Å². The Kier molecular flexibility index (Phi) is 25.1. The van der Waals surface area contributed by atoms with E-state index >= 15 is 0 Å². The van der Waals surface area contributed by atoms with Gasteiger partial charge in [0.25, 0.3) is 0 Å². The van der Waals surface area contributed by atoms with Crippen LogP contribution in [0.4, 0.5) is 13.6 Å². The van der Waals surface area contributed by atoms with Crippen molar-refractivity contribution in [2.24, 2.45) is 0 Å². The molecule has 270 valence electrons. The number of carbonyl (C=O) groups excluding carboxylic acids is 3. The Morgan fingerprint density at radius 3 is 1.82 bits per heavy atom. The maximum absolute atomic E-state index is 14.0. The van der Waals surface area contributed by atoms with Crippen LogP contribution in [-0.2, 0) is 9.53 Å². The molecular weight excluding hydrogens is 638 g/mol. The molecule has 0 radical (unpaired) electrons. The number of ether oxygens (including phenoxy) is 2. The third-order valence-electron chi connectivity index (χ3n) is 6.61. The molecule has 0 unspecified atom stereocenters. The second-order valence-electron chi connectivity index (χ2n) is 10.6. The van der Waals surface area contributed by atoms with Crippen LogP contribution in [0.3, 0.4) is 0 Å². The normalized spacial score (nSPS) is 11.6. The van der Waals surface area contributed by atoms with Crippen LogP contribution in [0, 0.1) is 11.6 Å². The van der Waals surface area contributed by atoms with Crippen LogP contribution in [0.2, 0.25) is 0 Å². The van der Waals surface area contributed by atoms with Gasteiger partial charge in [-0.2, -0.15) is 0 Å². The summed E-state index contributed by atoms with van der Waals surface area (Å²) in [5.41, 5.74) is 0.382. The van der Waals surface area contributed by atoms with Gasteiger partial charge in [-0.1, -0.05) is 85.9 Å². The first-order valence-corrected chi connectivity index (χ1v) is 17.1. The van der Waals surface area contributed by atoms with Gasteiger partial charge in [-0.25, -0.2) is 18.4 Å². The number of hydrogen-bond acceptors (Lipinski definition) is 6. The van der Waals surface area contributed by atoms with Crippen LogP contribution in [0.25, 0.3) is 11.1 Å².